The molecule has 0 aromatic carbocycles. The van der Waals surface area contributed by atoms with Crippen LogP contribution in [0.3, 0.4) is 0 Å². The van der Waals surface area contributed by atoms with Crippen LogP contribution in [0.2, 0.25) is 0 Å². The van der Waals surface area contributed by atoms with Gasteiger partial charge in [0, 0.05) is 30.8 Å². The number of rotatable bonds is 7. The average molecular weight is 444 g/mol. The normalized spacial score (nSPS) is 18.9. The zero-order chi connectivity index (χ0) is 23.0. The SMILES string of the molecule is CC(C)Cn1c(O)c(C(=O)NC2CC2)c(=O)n2ncc(/C=C/C(=O)N3CCCC3CO)c12. The Labute approximate surface area is 185 Å². The maximum absolute atomic E-state index is 13.0. The first kappa shape index (κ1) is 22.1. The molecule has 10 heteroatoms. The second-order valence-corrected chi connectivity index (χ2v) is 8.93. The fourth-order valence-corrected chi connectivity index (χ4v) is 4.12. The predicted octanol–water partition coefficient (Wildman–Crippen LogP) is 0.746. The van der Waals surface area contributed by atoms with Crippen molar-refractivity contribution in [2.45, 2.75) is 58.2 Å². The van der Waals surface area contributed by atoms with E-state index in [4.69, 9.17) is 0 Å². The minimum atomic E-state index is -0.707. The Hall–Kier alpha value is -3.14. The second-order valence-electron chi connectivity index (χ2n) is 8.93. The van der Waals surface area contributed by atoms with Gasteiger partial charge in [-0.15, -0.1) is 0 Å². The Balaban J connectivity index is 1.75. The van der Waals surface area contributed by atoms with E-state index >= 15 is 0 Å². The molecule has 32 heavy (non-hydrogen) atoms. The highest BCUT2D eigenvalue weighted by atomic mass is 16.3. The number of hydrogen-bond acceptors (Lipinski definition) is 6. The van der Waals surface area contributed by atoms with Crippen molar-refractivity contribution in [1.29, 1.82) is 0 Å². The van der Waals surface area contributed by atoms with Crippen LogP contribution in [0.5, 0.6) is 5.88 Å². The van der Waals surface area contributed by atoms with Gasteiger partial charge in [0.2, 0.25) is 11.8 Å². The maximum Gasteiger partial charge on any atom is 0.291 e. The van der Waals surface area contributed by atoms with Gasteiger partial charge in [0.1, 0.15) is 5.65 Å². The van der Waals surface area contributed by atoms with Gasteiger partial charge < -0.3 is 20.4 Å². The van der Waals surface area contributed by atoms with Gasteiger partial charge in [-0.25, -0.2) is 0 Å². The smallest absolute Gasteiger partial charge is 0.291 e. The lowest BCUT2D eigenvalue weighted by molar-refractivity contribution is -0.127. The van der Waals surface area contributed by atoms with E-state index in [-0.39, 0.29) is 36.1 Å². The van der Waals surface area contributed by atoms with Crippen molar-refractivity contribution >= 4 is 23.5 Å². The lowest BCUT2D eigenvalue weighted by Gasteiger charge is -2.21. The molecule has 0 bridgehead atoms. The third-order valence-corrected chi connectivity index (χ3v) is 5.88. The van der Waals surface area contributed by atoms with Crippen LogP contribution in [-0.4, -0.2) is 66.3 Å². The summed E-state index contributed by atoms with van der Waals surface area (Å²) in [6.45, 7) is 4.76. The van der Waals surface area contributed by atoms with E-state index in [2.05, 4.69) is 10.4 Å². The van der Waals surface area contributed by atoms with Crippen molar-refractivity contribution in [2.24, 2.45) is 5.92 Å². The van der Waals surface area contributed by atoms with Gasteiger partial charge in [0.15, 0.2) is 5.56 Å². The lowest BCUT2D eigenvalue weighted by atomic mass is 10.2. The third-order valence-electron chi connectivity index (χ3n) is 5.88. The molecule has 1 saturated heterocycles. The topological polar surface area (TPSA) is 129 Å². The molecule has 1 aliphatic heterocycles. The highest BCUT2D eigenvalue weighted by molar-refractivity contribution is 5.97. The quantitative estimate of drug-likeness (QED) is 0.542. The number of carbonyl (C=O) groups is 2. The Kier molecular flexibility index (Phi) is 6.05. The molecule has 1 aliphatic carbocycles. The molecule has 2 amide bonds. The van der Waals surface area contributed by atoms with Crippen molar-refractivity contribution in [3.05, 3.63) is 33.8 Å². The molecular formula is C22H29N5O5. The number of carbonyl (C=O) groups excluding carboxylic acids is 2. The van der Waals surface area contributed by atoms with E-state index in [1.807, 2.05) is 13.8 Å². The van der Waals surface area contributed by atoms with E-state index < -0.39 is 17.3 Å². The summed E-state index contributed by atoms with van der Waals surface area (Å²) in [5.74, 6) is -1.14. The Morgan fingerprint density at radius 1 is 1.31 bits per heavy atom. The number of nitrogens with one attached hydrogen (secondary N) is 1. The third kappa shape index (κ3) is 4.14. The molecule has 2 fully saturated rings. The number of nitrogens with zero attached hydrogens (tertiary/aromatic N) is 4. The number of hydrogen-bond donors (Lipinski definition) is 3. The molecule has 2 aliphatic rings. The van der Waals surface area contributed by atoms with Crippen LogP contribution < -0.4 is 10.9 Å². The molecule has 2 aromatic heterocycles. The highest BCUT2D eigenvalue weighted by Gasteiger charge is 2.30. The van der Waals surface area contributed by atoms with E-state index in [1.165, 1.54) is 16.8 Å². The fraction of sp³-hybridized carbons (Fsp3) is 0.545. The number of aromatic hydroxyl groups is 1. The highest BCUT2D eigenvalue weighted by Crippen LogP contribution is 2.25. The number of aliphatic hydroxyl groups is 1. The number of likely N-dealkylation sites (tertiary alicyclic amines) is 1. The summed E-state index contributed by atoms with van der Waals surface area (Å²) in [4.78, 5) is 39.9. The summed E-state index contributed by atoms with van der Waals surface area (Å²) in [6.07, 6.45) is 7.70. The van der Waals surface area contributed by atoms with Crippen molar-refractivity contribution < 1.29 is 19.8 Å². The van der Waals surface area contributed by atoms with Gasteiger partial charge in [0.25, 0.3) is 11.5 Å². The molecule has 1 saturated carbocycles. The number of fused-ring (bicyclic) bond motifs is 1. The summed E-state index contributed by atoms with van der Waals surface area (Å²) >= 11 is 0. The molecule has 3 N–H and O–H groups in total. The number of aromatic nitrogens is 3. The predicted molar refractivity (Wildman–Crippen MR) is 117 cm³/mol. The largest absolute Gasteiger partial charge is 0.494 e. The summed E-state index contributed by atoms with van der Waals surface area (Å²) in [7, 11) is 0. The summed E-state index contributed by atoms with van der Waals surface area (Å²) in [6, 6.07) is -0.155. The van der Waals surface area contributed by atoms with Crippen LogP contribution in [0.1, 0.15) is 55.5 Å². The van der Waals surface area contributed by atoms with Gasteiger partial charge in [-0.3, -0.25) is 19.0 Å². The summed E-state index contributed by atoms with van der Waals surface area (Å²) < 4.78 is 2.60. The first-order valence-corrected chi connectivity index (χ1v) is 11.1. The van der Waals surface area contributed by atoms with Crippen LogP contribution >= 0.6 is 0 Å². The zero-order valence-electron chi connectivity index (χ0n) is 18.3. The van der Waals surface area contributed by atoms with E-state index in [1.54, 1.807) is 11.0 Å². The van der Waals surface area contributed by atoms with E-state index in [0.717, 1.165) is 30.2 Å². The standard InChI is InChI=1S/C22H29N5O5/c1-13(2)11-26-20-14(5-8-17(29)25-9-3-4-16(25)12-28)10-23-27(20)22(32)18(21(26)31)19(30)24-15-6-7-15/h5,8,10,13,15-16,28,31H,3-4,6-7,9,11-12H2,1-2H3,(H,24,30)/b8-5+. The number of aliphatic hydroxyl groups excluding tert-OH is 1. The molecule has 0 spiro atoms. The van der Waals surface area contributed by atoms with Gasteiger partial charge in [-0.2, -0.15) is 9.61 Å². The van der Waals surface area contributed by atoms with Crippen LogP contribution in [0, 0.1) is 5.92 Å². The van der Waals surface area contributed by atoms with Crippen LogP contribution in [0.15, 0.2) is 17.1 Å². The van der Waals surface area contributed by atoms with E-state index in [0.29, 0.717) is 24.3 Å². The van der Waals surface area contributed by atoms with Crippen LogP contribution in [-0.2, 0) is 11.3 Å². The van der Waals surface area contributed by atoms with Gasteiger partial charge >= 0.3 is 0 Å². The molecule has 4 rings (SSSR count). The Morgan fingerprint density at radius 2 is 2.06 bits per heavy atom. The maximum atomic E-state index is 13.0. The first-order chi connectivity index (χ1) is 15.3. The fourth-order valence-electron chi connectivity index (χ4n) is 4.12. The van der Waals surface area contributed by atoms with Crippen molar-refractivity contribution in [1.82, 2.24) is 24.4 Å². The number of amides is 2. The Morgan fingerprint density at radius 3 is 2.72 bits per heavy atom. The molecule has 2 aromatic rings. The molecule has 0 radical (unpaired) electrons. The van der Waals surface area contributed by atoms with E-state index in [9.17, 15) is 24.6 Å². The molecule has 3 heterocycles. The molecule has 1 unspecified atom stereocenters. The van der Waals surface area contributed by atoms with Crippen LogP contribution in [0.4, 0.5) is 0 Å². The van der Waals surface area contributed by atoms with Gasteiger partial charge in [0.05, 0.1) is 18.8 Å². The van der Waals surface area contributed by atoms with Crippen molar-refractivity contribution in [3.8, 4) is 5.88 Å². The minimum absolute atomic E-state index is 0.0333. The molecular weight excluding hydrogens is 414 g/mol. The minimum Gasteiger partial charge on any atom is -0.494 e. The summed E-state index contributed by atoms with van der Waals surface area (Å²) in [5, 5.41) is 27.3. The molecule has 172 valence electrons. The molecule has 1 atom stereocenters. The van der Waals surface area contributed by atoms with Crippen LogP contribution in [0.25, 0.3) is 11.7 Å². The van der Waals surface area contributed by atoms with Crippen molar-refractivity contribution in [3.63, 3.8) is 0 Å². The first-order valence-electron chi connectivity index (χ1n) is 11.1. The average Bonchev–Trinajstić information content (AvgIpc) is 3.26. The van der Waals surface area contributed by atoms with Gasteiger partial charge in [-0.05, 0) is 37.7 Å². The summed E-state index contributed by atoms with van der Waals surface area (Å²) in [5.41, 5.74) is -0.252. The van der Waals surface area contributed by atoms with Gasteiger partial charge in [-0.1, -0.05) is 13.8 Å². The second kappa shape index (κ2) is 8.78. The monoisotopic (exact) mass is 443 g/mol. The van der Waals surface area contributed by atoms with Crippen molar-refractivity contribution in [2.75, 3.05) is 13.2 Å². The molecule has 10 nitrogen and oxygen atoms in total. The zero-order valence-corrected chi connectivity index (χ0v) is 18.3. The lowest BCUT2D eigenvalue weighted by Crippen LogP contribution is -2.36. The Bertz CT molecular complexity index is 1130.